The van der Waals surface area contributed by atoms with Gasteiger partial charge in [-0.3, -0.25) is 14.5 Å². The first-order chi connectivity index (χ1) is 13.6. The second-order valence-corrected chi connectivity index (χ2v) is 8.02. The predicted molar refractivity (Wildman–Crippen MR) is 111 cm³/mol. The lowest BCUT2D eigenvalue weighted by Gasteiger charge is -2.37. The van der Waals surface area contributed by atoms with E-state index in [-0.39, 0.29) is 17.9 Å². The number of benzene rings is 2. The maximum absolute atomic E-state index is 13.1. The molecule has 1 aliphatic carbocycles. The molecule has 1 aliphatic heterocycles. The molecule has 1 atom stereocenters. The number of fused-ring (bicyclic) bond motifs is 1. The van der Waals surface area contributed by atoms with Gasteiger partial charge in [-0.2, -0.15) is 0 Å². The number of nitrogens with one attached hydrogen (secondary N) is 1. The van der Waals surface area contributed by atoms with Crippen molar-refractivity contribution in [2.45, 2.75) is 44.7 Å². The molecular weight excluding hydrogens is 350 g/mol. The van der Waals surface area contributed by atoms with Gasteiger partial charge in [0.05, 0.1) is 6.04 Å². The molecule has 0 radical (unpaired) electrons. The number of carbonyl (C=O) groups is 2. The Morgan fingerprint density at radius 3 is 2.39 bits per heavy atom. The predicted octanol–water partition coefficient (Wildman–Crippen LogP) is 3.04. The molecule has 5 nitrogen and oxygen atoms in total. The lowest BCUT2D eigenvalue weighted by Crippen LogP contribution is -2.55. The topological polar surface area (TPSA) is 52.7 Å². The van der Waals surface area contributed by atoms with E-state index < -0.39 is 0 Å². The van der Waals surface area contributed by atoms with Gasteiger partial charge >= 0.3 is 0 Å². The largest absolute Gasteiger partial charge is 0.352 e. The summed E-state index contributed by atoms with van der Waals surface area (Å²) in [6, 6.07) is 14.1. The van der Waals surface area contributed by atoms with E-state index in [0.717, 1.165) is 42.3 Å². The van der Waals surface area contributed by atoms with Gasteiger partial charge in [0.25, 0.3) is 5.91 Å². The Kier molecular flexibility index (Phi) is 5.62. The molecule has 5 heteroatoms. The van der Waals surface area contributed by atoms with Crippen LogP contribution in [-0.4, -0.2) is 59.9 Å². The highest BCUT2D eigenvalue weighted by atomic mass is 16.2. The zero-order valence-corrected chi connectivity index (χ0v) is 16.6. The summed E-state index contributed by atoms with van der Waals surface area (Å²) in [4.78, 5) is 29.7. The van der Waals surface area contributed by atoms with Crippen LogP contribution in [0.2, 0.25) is 0 Å². The summed E-state index contributed by atoms with van der Waals surface area (Å²) in [6.45, 7) is 4.75. The molecule has 1 N–H and O–H groups in total. The number of hydrogen-bond acceptors (Lipinski definition) is 3. The van der Waals surface area contributed by atoms with Crippen LogP contribution in [0.1, 0.15) is 43.0 Å². The molecule has 1 unspecified atom stereocenters. The number of amides is 2. The third-order valence-corrected chi connectivity index (χ3v) is 6.25. The lowest BCUT2D eigenvalue weighted by molar-refractivity contribution is -0.127. The Balaban J connectivity index is 1.37. The van der Waals surface area contributed by atoms with Crippen molar-refractivity contribution in [2.75, 3.05) is 26.2 Å². The van der Waals surface area contributed by atoms with Gasteiger partial charge < -0.3 is 10.2 Å². The first kappa shape index (κ1) is 18.9. The molecule has 2 fully saturated rings. The van der Waals surface area contributed by atoms with Crippen molar-refractivity contribution in [2.24, 2.45) is 0 Å². The third kappa shape index (κ3) is 3.90. The van der Waals surface area contributed by atoms with Gasteiger partial charge in [0, 0.05) is 37.8 Å². The molecule has 0 aromatic heterocycles. The fourth-order valence-corrected chi connectivity index (χ4v) is 4.45. The zero-order chi connectivity index (χ0) is 19.5. The van der Waals surface area contributed by atoms with E-state index in [9.17, 15) is 9.59 Å². The van der Waals surface area contributed by atoms with E-state index in [2.05, 4.69) is 10.2 Å². The molecule has 2 aromatic rings. The van der Waals surface area contributed by atoms with Crippen molar-refractivity contribution in [3.8, 4) is 0 Å². The highest BCUT2D eigenvalue weighted by molar-refractivity contribution is 6.07. The maximum Gasteiger partial charge on any atom is 0.254 e. The van der Waals surface area contributed by atoms with Gasteiger partial charge in [0.15, 0.2) is 0 Å². The molecular formula is C23H29N3O2. The van der Waals surface area contributed by atoms with Crippen molar-refractivity contribution in [1.29, 1.82) is 0 Å². The van der Waals surface area contributed by atoms with Crippen molar-refractivity contribution in [3.05, 3.63) is 48.0 Å². The molecule has 148 valence electrons. The van der Waals surface area contributed by atoms with Crippen LogP contribution in [0.25, 0.3) is 10.8 Å². The van der Waals surface area contributed by atoms with Crippen LogP contribution in [0.15, 0.2) is 42.5 Å². The van der Waals surface area contributed by atoms with E-state index >= 15 is 0 Å². The molecule has 1 heterocycles. The monoisotopic (exact) mass is 379 g/mol. The van der Waals surface area contributed by atoms with E-state index in [4.69, 9.17) is 0 Å². The first-order valence-electron chi connectivity index (χ1n) is 10.4. The van der Waals surface area contributed by atoms with Crippen LogP contribution >= 0.6 is 0 Å². The summed E-state index contributed by atoms with van der Waals surface area (Å²) in [5.74, 6) is 0.209. The number of hydrogen-bond donors (Lipinski definition) is 1. The van der Waals surface area contributed by atoms with Gasteiger partial charge in [-0.05, 0) is 36.6 Å². The fourth-order valence-electron chi connectivity index (χ4n) is 4.45. The summed E-state index contributed by atoms with van der Waals surface area (Å²) in [5, 5.41) is 5.28. The quantitative estimate of drug-likeness (QED) is 0.888. The third-order valence-electron chi connectivity index (χ3n) is 6.25. The van der Waals surface area contributed by atoms with Crippen LogP contribution in [0.4, 0.5) is 0 Å². The SMILES string of the molecule is CC(C(=O)NC1CCCC1)N1CCN(C(=O)c2cccc3ccccc23)CC1. The summed E-state index contributed by atoms with van der Waals surface area (Å²) in [5.41, 5.74) is 0.763. The molecule has 28 heavy (non-hydrogen) atoms. The highest BCUT2D eigenvalue weighted by Crippen LogP contribution is 2.21. The Bertz CT molecular complexity index is 847. The molecule has 4 rings (SSSR count). The van der Waals surface area contributed by atoms with E-state index in [0.29, 0.717) is 19.1 Å². The van der Waals surface area contributed by atoms with Crippen molar-refractivity contribution >= 4 is 22.6 Å². The molecule has 2 aromatic carbocycles. The van der Waals surface area contributed by atoms with Crippen LogP contribution in [-0.2, 0) is 4.79 Å². The van der Waals surface area contributed by atoms with Crippen molar-refractivity contribution in [3.63, 3.8) is 0 Å². The van der Waals surface area contributed by atoms with Gasteiger partial charge in [-0.1, -0.05) is 49.2 Å². The fraction of sp³-hybridized carbons (Fsp3) is 0.478. The summed E-state index contributed by atoms with van der Waals surface area (Å²) < 4.78 is 0. The average molecular weight is 380 g/mol. The molecule has 0 bridgehead atoms. The highest BCUT2D eigenvalue weighted by Gasteiger charge is 2.29. The Morgan fingerprint density at radius 1 is 0.964 bits per heavy atom. The van der Waals surface area contributed by atoms with Crippen LogP contribution in [0.5, 0.6) is 0 Å². The molecule has 1 saturated carbocycles. The number of piperazine rings is 1. The van der Waals surface area contributed by atoms with E-state index in [1.807, 2.05) is 54.3 Å². The minimum absolute atomic E-state index is 0.0829. The second kappa shape index (κ2) is 8.31. The van der Waals surface area contributed by atoms with Crippen LogP contribution in [0.3, 0.4) is 0 Å². The molecule has 0 spiro atoms. The van der Waals surface area contributed by atoms with E-state index in [1.165, 1.54) is 12.8 Å². The minimum Gasteiger partial charge on any atom is -0.352 e. The Hall–Kier alpha value is -2.40. The summed E-state index contributed by atoms with van der Waals surface area (Å²) in [7, 11) is 0. The number of carbonyl (C=O) groups excluding carboxylic acids is 2. The second-order valence-electron chi connectivity index (χ2n) is 8.02. The maximum atomic E-state index is 13.1. The molecule has 2 aliphatic rings. The summed E-state index contributed by atoms with van der Waals surface area (Å²) in [6.07, 6.45) is 4.64. The van der Waals surface area contributed by atoms with Gasteiger partial charge in [-0.15, -0.1) is 0 Å². The normalized spacial score (nSPS) is 19.7. The van der Waals surface area contributed by atoms with Crippen molar-refractivity contribution < 1.29 is 9.59 Å². The number of rotatable bonds is 4. The zero-order valence-electron chi connectivity index (χ0n) is 16.6. The Labute approximate surface area is 166 Å². The molecule has 1 saturated heterocycles. The van der Waals surface area contributed by atoms with Gasteiger partial charge in [0.2, 0.25) is 5.91 Å². The van der Waals surface area contributed by atoms with Gasteiger partial charge in [0.1, 0.15) is 0 Å². The number of nitrogens with zero attached hydrogens (tertiary/aromatic N) is 2. The van der Waals surface area contributed by atoms with Crippen LogP contribution < -0.4 is 5.32 Å². The molecule has 2 amide bonds. The van der Waals surface area contributed by atoms with Crippen molar-refractivity contribution in [1.82, 2.24) is 15.1 Å². The van der Waals surface area contributed by atoms with E-state index in [1.54, 1.807) is 0 Å². The lowest BCUT2D eigenvalue weighted by atomic mass is 10.0. The van der Waals surface area contributed by atoms with Gasteiger partial charge in [-0.25, -0.2) is 0 Å². The summed E-state index contributed by atoms with van der Waals surface area (Å²) >= 11 is 0. The standard InChI is InChI=1S/C23H29N3O2/c1-17(22(27)24-19-9-3-4-10-19)25-13-15-26(16-14-25)23(28)21-12-6-8-18-7-2-5-11-20(18)21/h2,5-8,11-12,17,19H,3-4,9-10,13-16H2,1H3,(H,24,27). The smallest absolute Gasteiger partial charge is 0.254 e. The van der Waals surface area contributed by atoms with Crippen LogP contribution in [0, 0.1) is 0 Å². The minimum atomic E-state index is -0.143. The Morgan fingerprint density at radius 2 is 1.64 bits per heavy atom. The first-order valence-corrected chi connectivity index (χ1v) is 10.4. The average Bonchev–Trinajstić information content (AvgIpc) is 3.25.